The van der Waals surface area contributed by atoms with Gasteiger partial charge in [0.25, 0.3) is 0 Å². The summed E-state index contributed by atoms with van der Waals surface area (Å²) in [6.07, 6.45) is 2.82. The van der Waals surface area contributed by atoms with E-state index < -0.39 is 0 Å². The molecule has 2 heterocycles. The Kier molecular flexibility index (Phi) is 3.54. The summed E-state index contributed by atoms with van der Waals surface area (Å²) in [7, 11) is 1.64. The summed E-state index contributed by atoms with van der Waals surface area (Å²) in [4.78, 5) is 6.45. The van der Waals surface area contributed by atoms with Crippen molar-refractivity contribution in [2.45, 2.75) is 18.7 Å². The average Bonchev–Trinajstić information content (AvgIpc) is 2.33. The predicted octanol–water partition coefficient (Wildman–Crippen LogP) is 2.54. The number of rotatable bonds is 2. The standard InChI is InChI=1S/C12H17ClN2O/c1-9-8-15(6-4-11(9)13)10-3-5-14-12(7-10)16-2/h3,5,7,9,11H,4,6,8H2,1-2H3. The van der Waals surface area contributed by atoms with Crippen molar-refractivity contribution < 1.29 is 4.74 Å². The lowest BCUT2D eigenvalue weighted by Crippen LogP contribution is -2.39. The van der Waals surface area contributed by atoms with Crippen molar-refractivity contribution in [1.82, 2.24) is 4.98 Å². The van der Waals surface area contributed by atoms with Gasteiger partial charge in [0.1, 0.15) is 0 Å². The number of ether oxygens (including phenoxy) is 1. The second-order valence-corrected chi connectivity index (χ2v) is 4.84. The van der Waals surface area contributed by atoms with Gasteiger partial charge in [-0.15, -0.1) is 11.6 Å². The van der Waals surface area contributed by atoms with E-state index >= 15 is 0 Å². The zero-order valence-electron chi connectivity index (χ0n) is 9.69. The van der Waals surface area contributed by atoms with Crippen LogP contribution in [0.25, 0.3) is 0 Å². The summed E-state index contributed by atoms with van der Waals surface area (Å²) >= 11 is 6.21. The Morgan fingerprint density at radius 3 is 3.06 bits per heavy atom. The van der Waals surface area contributed by atoms with Gasteiger partial charge in [-0.25, -0.2) is 4.98 Å². The summed E-state index contributed by atoms with van der Waals surface area (Å²) in [6, 6.07) is 3.99. The van der Waals surface area contributed by atoms with E-state index in [0.717, 1.165) is 19.5 Å². The van der Waals surface area contributed by atoms with Crippen LogP contribution < -0.4 is 9.64 Å². The zero-order chi connectivity index (χ0) is 11.5. The van der Waals surface area contributed by atoms with E-state index in [9.17, 15) is 0 Å². The Morgan fingerprint density at radius 2 is 2.38 bits per heavy atom. The lowest BCUT2D eigenvalue weighted by molar-refractivity contribution is 0.397. The van der Waals surface area contributed by atoms with E-state index in [1.165, 1.54) is 5.69 Å². The maximum absolute atomic E-state index is 6.21. The van der Waals surface area contributed by atoms with Crippen LogP contribution in [-0.2, 0) is 0 Å². The van der Waals surface area contributed by atoms with Crippen molar-refractivity contribution in [3.05, 3.63) is 18.3 Å². The number of halogens is 1. The Morgan fingerprint density at radius 1 is 1.56 bits per heavy atom. The van der Waals surface area contributed by atoms with E-state index in [1.807, 2.05) is 12.1 Å². The van der Waals surface area contributed by atoms with Crippen LogP contribution in [0.4, 0.5) is 5.69 Å². The Labute approximate surface area is 101 Å². The Hall–Kier alpha value is -0.960. The maximum atomic E-state index is 6.21. The molecule has 0 saturated carbocycles. The lowest BCUT2D eigenvalue weighted by atomic mass is 9.99. The summed E-state index contributed by atoms with van der Waals surface area (Å²) in [6.45, 7) is 4.20. The topological polar surface area (TPSA) is 25.4 Å². The minimum atomic E-state index is 0.306. The number of anilines is 1. The van der Waals surface area contributed by atoms with Gasteiger partial charge in [-0.3, -0.25) is 0 Å². The molecule has 3 nitrogen and oxygen atoms in total. The third-order valence-corrected chi connectivity index (χ3v) is 3.74. The molecule has 1 saturated heterocycles. The van der Waals surface area contributed by atoms with Crippen molar-refractivity contribution >= 4 is 17.3 Å². The molecule has 88 valence electrons. The predicted molar refractivity (Wildman–Crippen MR) is 66.4 cm³/mol. The molecule has 1 aromatic rings. The number of piperidine rings is 1. The first kappa shape index (κ1) is 11.5. The van der Waals surface area contributed by atoms with Crippen LogP contribution >= 0.6 is 11.6 Å². The molecule has 1 fully saturated rings. The van der Waals surface area contributed by atoms with E-state index in [-0.39, 0.29) is 0 Å². The number of methoxy groups -OCH3 is 1. The van der Waals surface area contributed by atoms with Crippen molar-refractivity contribution in [2.24, 2.45) is 5.92 Å². The molecule has 16 heavy (non-hydrogen) atoms. The van der Waals surface area contributed by atoms with Gasteiger partial charge in [0.15, 0.2) is 0 Å². The smallest absolute Gasteiger partial charge is 0.214 e. The largest absolute Gasteiger partial charge is 0.481 e. The van der Waals surface area contributed by atoms with Crippen LogP contribution in [0.15, 0.2) is 18.3 Å². The van der Waals surface area contributed by atoms with Gasteiger partial charge in [0, 0.05) is 36.4 Å². The normalized spacial score (nSPS) is 25.6. The first-order chi connectivity index (χ1) is 7.70. The van der Waals surface area contributed by atoms with Crippen molar-refractivity contribution in [3.8, 4) is 5.88 Å². The minimum absolute atomic E-state index is 0.306. The van der Waals surface area contributed by atoms with Gasteiger partial charge in [-0.2, -0.15) is 0 Å². The number of hydrogen-bond donors (Lipinski definition) is 0. The molecule has 1 aromatic heterocycles. The highest BCUT2D eigenvalue weighted by Crippen LogP contribution is 2.27. The van der Waals surface area contributed by atoms with Gasteiger partial charge in [-0.05, 0) is 18.4 Å². The van der Waals surface area contributed by atoms with Crippen LogP contribution in [0.3, 0.4) is 0 Å². The zero-order valence-corrected chi connectivity index (χ0v) is 10.4. The number of aromatic nitrogens is 1. The van der Waals surface area contributed by atoms with Crippen LogP contribution in [0.5, 0.6) is 5.88 Å². The molecule has 0 aromatic carbocycles. The fraction of sp³-hybridized carbons (Fsp3) is 0.583. The van der Waals surface area contributed by atoms with Crippen molar-refractivity contribution in [1.29, 1.82) is 0 Å². The fourth-order valence-corrected chi connectivity index (χ4v) is 2.24. The summed E-state index contributed by atoms with van der Waals surface area (Å²) in [5.74, 6) is 1.19. The first-order valence-electron chi connectivity index (χ1n) is 5.59. The third kappa shape index (κ3) is 2.40. The molecular formula is C12H17ClN2O. The van der Waals surface area contributed by atoms with Gasteiger partial charge in [0.2, 0.25) is 5.88 Å². The summed E-state index contributed by atoms with van der Waals surface area (Å²) in [5, 5.41) is 0.306. The van der Waals surface area contributed by atoms with Crippen LogP contribution in [0, 0.1) is 5.92 Å². The molecule has 2 rings (SSSR count). The second kappa shape index (κ2) is 4.91. The van der Waals surface area contributed by atoms with Crippen LogP contribution in [0.1, 0.15) is 13.3 Å². The monoisotopic (exact) mass is 240 g/mol. The molecule has 1 aliphatic rings. The molecule has 0 aliphatic carbocycles. The van der Waals surface area contributed by atoms with Gasteiger partial charge < -0.3 is 9.64 Å². The van der Waals surface area contributed by atoms with Crippen molar-refractivity contribution in [3.63, 3.8) is 0 Å². The molecule has 0 radical (unpaired) electrons. The lowest BCUT2D eigenvalue weighted by Gasteiger charge is -2.35. The average molecular weight is 241 g/mol. The summed E-state index contributed by atoms with van der Waals surface area (Å²) in [5.41, 5.74) is 1.17. The quantitative estimate of drug-likeness (QED) is 0.743. The number of nitrogens with zero attached hydrogens (tertiary/aromatic N) is 2. The number of alkyl halides is 1. The molecule has 4 heteroatoms. The number of hydrogen-bond acceptors (Lipinski definition) is 3. The Bertz CT molecular complexity index is 359. The van der Waals surface area contributed by atoms with Gasteiger partial charge in [-0.1, -0.05) is 6.92 Å². The molecule has 0 N–H and O–H groups in total. The van der Waals surface area contributed by atoms with Gasteiger partial charge >= 0.3 is 0 Å². The van der Waals surface area contributed by atoms with Crippen molar-refractivity contribution in [2.75, 3.05) is 25.1 Å². The molecular weight excluding hydrogens is 224 g/mol. The summed E-state index contributed by atoms with van der Waals surface area (Å²) < 4.78 is 5.13. The highest BCUT2D eigenvalue weighted by atomic mass is 35.5. The van der Waals surface area contributed by atoms with Gasteiger partial charge in [0.05, 0.1) is 7.11 Å². The number of pyridine rings is 1. The molecule has 2 atom stereocenters. The molecule has 0 amide bonds. The second-order valence-electron chi connectivity index (χ2n) is 4.28. The highest BCUT2D eigenvalue weighted by molar-refractivity contribution is 6.20. The fourth-order valence-electron chi connectivity index (χ4n) is 2.06. The van der Waals surface area contributed by atoms with Crippen LogP contribution in [0.2, 0.25) is 0 Å². The molecule has 2 unspecified atom stereocenters. The first-order valence-corrected chi connectivity index (χ1v) is 6.03. The van der Waals surface area contributed by atoms with Crippen LogP contribution in [-0.4, -0.2) is 30.6 Å². The SMILES string of the molecule is COc1cc(N2CCC(Cl)C(C)C2)ccn1. The third-order valence-electron chi connectivity index (χ3n) is 3.09. The van der Waals surface area contributed by atoms with E-state index in [0.29, 0.717) is 17.2 Å². The molecule has 1 aliphatic heterocycles. The minimum Gasteiger partial charge on any atom is -0.481 e. The van der Waals surface area contributed by atoms with E-state index in [4.69, 9.17) is 16.3 Å². The molecule has 0 bridgehead atoms. The van der Waals surface area contributed by atoms with E-state index in [1.54, 1.807) is 13.3 Å². The Balaban J connectivity index is 2.12. The highest BCUT2D eigenvalue weighted by Gasteiger charge is 2.24. The molecule has 0 spiro atoms. The maximum Gasteiger partial charge on any atom is 0.214 e. The van der Waals surface area contributed by atoms with E-state index in [2.05, 4.69) is 16.8 Å².